The molecule has 0 saturated carbocycles. The number of carbonyl (C=O) groups is 2. The van der Waals surface area contributed by atoms with Crippen LogP contribution < -0.4 is 10.2 Å². The van der Waals surface area contributed by atoms with Gasteiger partial charge in [0.05, 0.1) is 6.26 Å². The third kappa shape index (κ3) is 3.80. The van der Waals surface area contributed by atoms with Crippen molar-refractivity contribution in [2.24, 2.45) is 0 Å². The van der Waals surface area contributed by atoms with E-state index in [1.54, 1.807) is 23.3 Å². The molecule has 1 fully saturated rings. The minimum absolute atomic E-state index is 0.113. The minimum atomic E-state index is -0.113. The van der Waals surface area contributed by atoms with Gasteiger partial charge < -0.3 is 14.6 Å². The molecule has 3 rings (SSSR count). The lowest BCUT2D eigenvalue weighted by Crippen LogP contribution is -2.26. The smallest absolute Gasteiger partial charge is 0.251 e. The minimum Gasteiger partial charge on any atom is -0.469 e. The van der Waals surface area contributed by atoms with Gasteiger partial charge in [0.25, 0.3) is 5.91 Å². The van der Waals surface area contributed by atoms with E-state index in [0.717, 1.165) is 37.3 Å². The fraction of sp³-hybridized carbons (Fsp3) is 0.333. The molecule has 0 bridgehead atoms. The van der Waals surface area contributed by atoms with E-state index in [9.17, 15) is 9.59 Å². The molecule has 5 heteroatoms. The van der Waals surface area contributed by atoms with Crippen molar-refractivity contribution in [2.75, 3.05) is 18.0 Å². The van der Waals surface area contributed by atoms with Gasteiger partial charge in [0.1, 0.15) is 5.76 Å². The molecule has 1 aliphatic rings. The fourth-order valence-electron chi connectivity index (χ4n) is 2.76. The van der Waals surface area contributed by atoms with Crippen LogP contribution in [0.15, 0.2) is 47.1 Å². The van der Waals surface area contributed by atoms with E-state index in [4.69, 9.17) is 4.42 Å². The van der Waals surface area contributed by atoms with Gasteiger partial charge in [-0.05, 0) is 43.2 Å². The van der Waals surface area contributed by atoms with Crippen LogP contribution >= 0.6 is 0 Å². The highest BCUT2D eigenvalue weighted by Gasteiger charge is 2.22. The molecule has 1 N–H and O–H groups in total. The number of nitrogens with zero attached hydrogens (tertiary/aromatic N) is 1. The normalized spacial score (nSPS) is 14.3. The van der Waals surface area contributed by atoms with Gasteiger partial charge in [-0.1, -0.05) is 6.07 Å². The van der Waals surface area contributed by atoms with Gasteiger partial charge in [-0.15, -0.1) is 0 Å². The molecule has 1 saturated heterocycles. The maximum Gasteiger partial charge on any atom is 0.251 e. The molecule has 0 unspecified atom stereocenters. The molecule has 1 aliphatic heterocycles. The van der Waals surface area contributed by atoms with Crippen molar-refractivity contribution in [1.29, 1.82) is 0 Å². The molecule has 2 aromatic rings. The average Bonchev–Trinajstić information content (AvgIpc) is 3.23. The Morgan fingerprint density at radius 2 is 2.17 bits per heavy atom. The molecule has 120 valence electrons. The molecule has 0 atom stereocenters. The predicted molar refractivity (Wildman–Crippen MR) is 87.4 cm³/mol. The third-order valence-electron chi connectivity index (χ3n) is 3.96. The van der Waals surface area contributed by atoms with Crippen LogP contribution in [-0.4, -0.2) is 24.9 Å². The number of furan rings is 1. The van der Waals surface area contributed by atoms with E-state index in [2.05, 4.69) is 5.32 Å². The number of aryl methyl sites for hydroxylation is 1. The molecule has 2 amide bonds. The third-order valence-corrected chi connectivity index (χ3v) is 3.96. The first kappa shape index (κ1) is 15.3. The van der Waals surface area contributed by atoms with E-state index in [1.165, 1.54) is 0 Å². The lowest BCUT2D eigenvalue weighted by Gasteiger charge is -2.16. The number of amides is 2. The van der Waals surface area contributed by atoms with Crippen molar-refractivity contribution in [3.05, 3.63) is 54.0 Å². The summed E-state index contributed by atoms with van der Waals surface area (Å²) in [7, 11) is 0. The lowest BCUT2D eigenvalue weighted by molar-refractivity contribution is -0.117. The van der Waals surface area contributed by atoms with Gasteiger partial charge >= 0.3 is 0 Å². The second kappa shape index (κ2) is 7.13. The Kier molecular flexibility index (Phi) is 4.76. The number of carbonyl (C=O) groups excluding carboxylic acids is 2. The van der Waals surface area contributed by atoms with Gasteiger partial charge in [-0.25, -0.2) is 0 Å². The van der Waals surface area contributed by atoms with Crippen LogP contribution in [0.1, 0.15) is 35.4 Å². The Hall–Kier alpha value is -2.56. The highest BCUT2D eigenvalue weighted by atomic mass is 16.3. The van der Waals surface area contributed by atoms with E-state index >= 15 is 0 Å². The fourth-order valence-corrected chi connectivity index (χ4v) is 2.76. The highest BCUT2D eigenvalue weighted by molar-refractivity contribution is 5.99. The summed E-state index contributed by atoms with van der Waals surface area (Å²) in [6, 6.07) is 11.0. The van der Waals surface area contributed by atoms with E-state index in [-0.39, 0.29) is 11.8 Å². The summed E-state index contributed by atoms with van der Waals surface area (Å²) in [5, 5.41) is 2.91. The van der Waals surface area contributed by atoms with Crippen LogP contribution in [0.2, 0.25) is 0 Å². The van der Waals surface area contributed by atoms with Crippen LogP contribution in [0.25, 0.3) is 0 Å². The number of hydrogen-bond acceptors (Lipinski definition) is 3. The second-order valence-electron chi connectivity index (χ2n) is 5.64. The Balaban J connectivity index is 1.53. The number of nitrogens with one attached hydrogen (secondary N) is 1. The van der Waals surface area contributed by atoms with E-state index in [0.29, 0.717) is 18.5 Å². The SMILES string of the molecule is O=C(NCCCc1ccco1)c1cccc(N2CCCC2=O)c1. The number of benzene rings is 1. The molecule has 1 aromatic heterocycles. The maximum atomic E-state index is 12.2. The number of rotatable bonds is 6. The lowest BCUT2D eigenvalue weighted by atomic mass is 10.1. The Morgan fingerprint density at radius 3 is 2.91 bits per heavy atom. The van der Waals surface area contributed by atoms with Crippen LogP contribution in [-0.2, 0) is 11.2 Å². The molecule has 1 aromatic carbocycles. The Bertz CT molecular complexity index is 679. The summed E-state index contributed by atoms with van der Waals surface area (Å²) in [5.74, 6) is 0.938. The zero-order valence-corrected chi connectivity index (χ0v) is 13.0. The molecule has 2 heterocycles. The van der Waals surface area contributed by atoms with Crippen molar-refractivity contribution < 1.29 is 14.0 Å². The number of hydrogen-bond donors (Lipinski definition) is 1. The van der Waals surface area contributed by atoms with Crippen molar-refractivity contribution in [2.45, 2.75) is 25.7 Å². The highest BCUT2D eigenvalue weighted by Crippen LogP contribution is 2.22. The maximum absolute atomic E-state index is 12.2. The first-order chi connectivity index (χ1) is 11.2. The Morgan fingerprint density at radius 1 is 1.26 bits per heavy atom. The summed E-state index contributed by atoms with van der Waals surface area (Å²) in [4.78, 5) is 25.8. The molecule has 0 spiro atoms. The zero-order chi connectivity index (χ0) is 16.1. The van der Waals surface area contributed by atoms with Crippen molar-refractivity contribution in [1.82, 2.24) is 5.32 Å². The van der Waals surface area contributed by atoms with Crippen LogP contribution in [0.4, 0.5) is 5.69 Å². The van der Waals surface area contributed by atoms with Crippen molar-refractivity contribution >= 4 is 17.5 Å². The van der Waals surface area contributed by atoms with Crippen LogP contribution in [0, 0.1) is 0 Å². The molecule has 5 nitrogen and oxygen atoms in total. The van der Waals surface area contributed by atoms with E-state index in [1.807, 2.05) is 24.3 Å². The quantitative estimate of drug-likeness (QED) is 0.834. The summed E-state index contributed by atoms with van der Waals surface area (Å²) >= 11 is 0. The summed E-state index contributed by atoms with van der Waals surface area (Å²) < 4.78 is 5.26. The molecule has 0 radical (unpaired) electrons. The topological polar surface area (TPSA) is 62.6 Å². The zero-order valence-electron chi connectivity index (χ0n) is 13.0. The van der Waals surface area contributed by atoms with Crippen LogP contribution in [0.3, 0.4) is 0 Å². The van der Waals surface area contributed by atoms with Gasteiger partial charge in [0, 0.05) is 37.2 Å². The first-order valence-corrected chi connectivity index (χ1v) is 7.95. The average molecular weight is 312 g/mol. The monoisotopic (exact) mass is 312 g/mol. The molecule has 23 heavy (non-hydrogen) atoms. The summed E-state index contributed by atoms with van der Waals surface area (Å²) in [6.07, 6.45) is 4.74. The van der Waals surface area contributed by atoms with E-state index < -0.39 is 0 Å². The largest absolute Gasteiger partial charge is 0.469 e. The van der Waals surface area contributed by atoms with Crippen molar-refractivity contribution in [3.63, 3.8) is 0 Å². The van der Waals surface area contributed by atoms with Crippen LogP contribution in [0.5, 0.6) is 0 Å². The summed E-state index contributed by atoms with van der Waals surface area (Å²) in [6.45, 7) is 1.32. The van der Waals surface area contributed by atoms with Crippen molar-refractivity contribution in [3.8, 4) is 0 Å². The Labute approximate surface area is 135 Å². The van der Waals surface area contributed by atoms with Gasteiger partial charge in [0.2, 0.25) is 5.91 Å². The first-order valence-electron chi connectivity index (χ1n) is 7.95. The molecule has 0 aliphatic carbocycles. The standard InChI is InChI=1S/C18H20N2O3/c21-17-9-3-11-20(17)15-6-1-5-14(13-15)18(22)19-10-2-7-16-8-4-12-23-16/h1,4-6,8,12-13H,2-3,7,9-11H2,(H,19,22). The molecular weight excluding hydrogens is 292 g/mol. The van der Waals surface area contributed by atoms with Gasteiger partial charge in [-0.3, -0.25) is 9.59 Å². The van der Waals surface area contributed by atoms with Gasteiger partial charge in [-0.2, -0.15) is 0 Å². The summed E-state index contributed by atoms with van der Waals surface area (Å²) in [5.41, 5.74) is 1.39. The van der Waals surface area contributed by atoms with Gasteiger partial charge in [0.15, 0.2) is 0 Å². The number of anilines is 1. The predicted octanol–water partition coefficient (Wildman–Crippen LogP) is 2.77. The molecular formula is C18H20N2O3. The second-order valence-corrected chi connectivity index (χ2v) is 5.64.